The van der Waals surface area contributed by atoms with Crippen molar-refractivity contribution in [3.63, 3.8) is 0 Å². The lowest BCUT2D eigenvalue weighted by molar-refractivity contribution is -0.133. The minimum atomic E-state index is -0.437. The molecule has 3 amide bonds. The van der Waals surface area contributed by atoms with Gasteiger partial charge < -0.3 is 10.6 Å². The summed E-state index contributed by atoms with van der Waals surface area (Å²) in [6, 6.07) is 7.30. The van der Waals surface area contributed by atoms with Crippen molar-refractivity contribution in [2.75, 3.05) is 23.7 Å². The first-order chi connectivity index (χ1) is 12.5. The predicted octanol–water partition coefficient (Wildman–Crippen LogP) is 1.72. The van der Waals surface area contributed by atoms with Gasteiger partial charge in [-0.15, -0.1) is 0 Å². The number of imide groups is 1. The van der Waals surface area contributed by atoms with Crippen molar-refractivity contribution < 1.29 is 14.4 Å². The maximum atomic E-state index is 12.3. The Balaban J connectivity index is 1.56. The van der Waals surface area contributed by atoms with Crippen LogP contribution in [0, 0.1) is 0 Å². The predicted molar refractivity (Wildman–Crippen MR) is 99.8 cm³/mol. The van der Waals surface area contributed by atoms with E-state index in [0.717, 1.165) is 25.1 Å². The van der Waals surface area contributed by atoms with Crippen LogP contribution < -0.4 is 16.0 Å². The van der Waals surface area contributed by atoms with Crippen molar-refractivity contribution in [1.82, 2.24) is 10.2 Å². The van der Waals surface area contributed by atoms with Gasteiger partial charge in [0.2, 0.25) is 17.7 Å². The quantitative estimate of drug-likeness (QED) is 0.697. The first kappa shape index (κ1) is 18.4. The molecule has 0 bridgehead atoms. The van der Waals surface area contributed by atoms with Gasteiger partial charge in [-0.2, -0.15) is 0 Å². The highest BCUT2D eigenvalue weighted by molar-refractivity contribution is 6.01. The summed E-state index contributed by atoms with van der Waals surface area (Å²) in [6.45, 7) is 3.52. The van der Waals surface area contributed by atoms with Crippen LogP contribution in [0.1, 0.15) is 39.0 Å². The summed E-state index contributed by atoms with van der Waals surface area (Å²) >= 11 is 0. The van der Waals surface area contributed by atoms with E-state index < -0.39 is 6.04 Å². The Morgan fingerprint density at radius 3 is 2.81 bits per heavy atom. The minimum Gasteiger partial charge on any atom is -0.374 e. The molecular weight excluding hydrogens is 332 g/mol. The molecule has 3 rings (SSSR count). The molecular formula is C19H26N4O3. The van der Waals surface area contributed by atoms with Crippen molar-refractivity contribution >= 4 is 29.1 Å². The van der Waals surface area contributed by atoms with Crippen molar-refractivity contribution in [3.8, 4) is 0 Å². The molecule has 0 saturated carbocycles. The topological polar surface area (TPSA) is 90.5 Å². The lowest BCUT2D eigenvalue weighted by Gasteiger charge is -2.32. The summed E-state index contributed by atoms with van der Waals surface area (Å²) in [5, 5.41) is 8.39. The fourth-order valence-corrected chi connectivity index (χ4v) is 3.50. The third-order valence-corrected chi connectivity index (χ3v) is 5.01. The summed E-state index contributed by atoms with van der Waals surface area (Å²) in [5.41, 5.74) is 1.43. The summed E-state index contributed by atoms with van der Waals surface area (Å²) < 4.78 is 0. The first-order valence-electron chi connectivity index (χ1n) is 9.25. The lowest BCUT2D eigenvalue weighted by Crippen LogP contribution is -2.47. The molecule has 3 N–H and O–H groups in total. The van der Waals surface area contributed by atoms with E-state index in [9.17, 15) is 14.4 Å². The highest BCUT2D eigenvalue weighted by Crippen LogP contribution is 2.19. The molecule has 7 nitrogen and oxygen atoms in total. The second-order valence-corrected chi connectivity index (χ2v) is 7.09. The summed E-state index contributed by atoms with van der Waals surface area (Å²) in [4.78, 5) is 37.6. The number of hydrogen-bond acceptors (Lipinski definition) is 5. The van der Waals surface area contributed by atoms with Gasteiger partial charge in [-0.3, -0.25) is 24.6 Å². The van der Waals surface area contributed by atoms with Crippen LogP contribution in [0.2, 0.25) is 0 Å². The SMILES string of the molecule is C[C@H]1CCCCN1CC(=O)Nc1cccc(NC2CCC(=O)NC2=O)c1. The molecule has 7 heteroatoms. The molecule has 0 aromatic heterocycles. The number of amides is 3. The Bertz CT molecular complexity index is 691. The Morgan fingerprint density at radius 2 is 2.04 bits per heavy atom. The van der Waals surface area contributed by atoms with Gasteiger partial charge in [0.15, 0.2) is 0 Å². The van der Waals surface area contributed by atoms with Gasteiger partial charge in [0.25, 0.3) is 0 Å². The smallest absolute Gasteiger partial charge is 0.249 e. The molecule has 0 radical (unpaired) electrons. The zero-order valence-electron chi connectivity index (χ0n) is 15.1. The molecule has 1 aromatic carbocycles. The zero-order chi connectivity index (χ0) is 18.5. The number of likely N-dealkylation sites (tertiary alicyclic amines) is 1. The van der Waals surface area contributed by atoms with Gasteiger partial charge in [0, 0.05) is 23.8 Å². The number of nitrogens with zero attached hydrogens (tertiary/aromatic N) is 1. The number of benzene rings is 1. The second kappa shape index (κ2) is 8.31. The van der Waals surface area contributed by atoms with Gasteiger partial charge in [-0.05, 0) is 50.9 Å². The molecule has 2 aliphatic heterocycles. The van der Waals surface area contributed by atoms with E-state index in [1.807, 2.05) is 18.2 Å². The van der Waals surface area contributed by atoms with Crippen molar-refractivity contribution in [1.29, 1.82) is 0 Å². The van der Waals surface area contributed by atoms with E-state index in [-0.39, 0.29) is 17.7 Å². The molecule has 26 heavy (non-hydrogen) atoms. The molecule has 0 aliphatic carbocycles. The zero-order valence-corrected chi connectivity index (χ0v) is 15.1. The highest BCUT2D eigenvalue weighted by atomic mass is 16.2. The molecule has 2 heterocycles. The molecule has 140 valence electrons. The molecule has 2 aliphatic rings. The van der Waals surface area contributed by atoms with Crippen LogP contribution in [0.4, 0.5) is 11.4 Å². The number of rotatable bonds is 5. The number of carbonyl (C=O) groups excluding carboxylic acids is 3. The Labute approximate surface area is 153 Å². The summed E-state index contributed by atoms with van der Waals surface area (Å²) in [6.07, 6.45) is 4.30. The third-order valence-electron chi connectivity index (χ3n) is 5.01. The Morgan fingerprint density at radius 1 is 1.23 bits per heavy atom. The van der Waals surface area contributed by atoms with Crippen molar-refractivity contribution in [3.05, 3.63) is 24.3 Å². The Hall–Kier alpha value is -2.41. The van der Waals surface area contributed by atoms with Crippen LogP contribution in [0.5, 0.6) is 0 Å². The number of hydrogen-bond donors (Lipinski definition) is 3. The van der Waals surface area contributed by atoms with Crippen molar-refractivity contribution in [2.24, 2.45) is 0 Å². The van der Waals surface area contributed by atoms with Crippen LogP contribution >= 0.6 is 0 Å². The van der Waals surface area contributed by atoms with Gasteiger partial charge >= 0.3 is 0 Å². The first-order valence-corrected chi connectivity index (χ1v) is 9.25. The van der Waals surface area contributed by atoms with Crippen LogP contribution in [-0.2, 0) is 14.4 Å². The van der Waals surface area contributed by atoms with Crippen LogP contribution in [0.3, 0.4) is 0 Å². The third kappa shape index (κ3) is 4.82. The number of nitrogens with one attached hydrogen (secondary N) is 3. The van der Waals surface area contributed by atoms with Crippen LogP contribution in [-0.4, -0.2) is 47.8 Å². The second-order valence-electron chi connectivity index (χ2n) is 7.09. The van der Waals surface area contributed by atoms with Gasteiger partial charge in [0.05, 0.1) is 6.54 Å². The molecule has 1 aromatic rings. The number of anilines is 2. The molecule has 2 atom stereocenters. The fourth-order valence-electron chi connectivity index (χ4n) is 3.50. The summed E-state index contributed by atoms with van der Waals surface area (Å²) in [5.74, 6) is -0.576. The normalized spacial score (nSPS) is 24.0. The molecule has 0 spiro atoms. The largest absolute Gasteiger partial charge is 0.374 e. The van der Waals surface area contributed by atoms with E-state index in [1.54, 1.807) is 6.07 Å². The molecule has 2 saturated heterocycles. The maximum Gasteiger partial charge on any atom is 0.249 e. The van der Waals surface area contributed by atoms with Crippen LogP contribution in [0.25, 0.3) is 0 Å². The van der Waals surface area contributed by atoms with Gasteiger partial charge in [0.1, 0.15) is 6.04 Å². The maximum absolute atomic E-state index is 12.3. The van der Waals surface area contributed by atoms with E-state index >= 15 is 0 Å². The molecule has 2 fully saturated rings. The van der Waals surface area contributed by atoms with E-state index in [0.29, 0.717) is 31.1 Å². The number of piperidine rings is 2. The van der Waals surface area contributed by atoms with Gasteiger partial charge in [-0.25, -0.2) is 0 Å². The molecule has 1 unspecified atom stereocenters. The van der Waals surface area contributed by atoms with E-state index in [4.69, 9.17) is 0 Å². The monoisotopic (exact) mass is 358 g/mol. The van der Waals surface area contributed by atoms with E-state index in [1.165, 1.54) is 6.42 Å². The Kier molecular flexibility index (Phi) is 5.88. The fraction of sp³-hybridized carbons (Fsp3) is 0.526. The minimum absolute atomic E-state index is 0.0306. The van der Waals surface area contributed by atoms with E-state index in [2.05, 4.69) is 27.8 Å². The highest BCUT2D eigenvalue weighted by Gasteiger charge is 2.26. The summed E-state index contributed by atoms with van der Waals surface area (Å²) in [7, 11) is 0. The lowest BCUT2D eigenvalue weighted by atomic mass is 10.0. The van der Waals surface area contributed by atoms with Gasteiger partial charge in [-0.1, -0.05) is 12.5 Å². The average molecular weight is 358 g/mol. The standard InChI is InChI=1S/C19H26N4O3/c1-13-5-2-3-10-23(13)12-18(25)21-15-7-4-6-14(11-15)20-16-8-9-17(24)22-19(16)26/h4,6-7,11,13,16,20H,2-3,5,8-10,12H2,1H3,(H,21,25)(H,22,24,26)/t13-,16?/m0/s1. The van der Waals surface area contributed by atoms with Crippen LogP contribution in [0.15, 0.2) is 24.3 Å². The average Bonchev–Trinajstić information content (AvgIpc) is 2.60. The van der Waals surface area contributed by atoms with Crippen molar-refractivity contribution in [2.45, 2.75) is 51.1 Å². The number of carbonyl (C=O) groups is 3.